The largest absolute Gasteiger partial charge is 0.369 e. The van der Waals surface area contributed by atoms with Gasteiger partial charge in [-0.2, -0.15) is 0 Å². The molecular formula is C15H20N4O. The Morgan fingerprint density at radius 2 is 2.20 bits per heavy atom. The van der Waals surface area contributed by atoms with Crippen LogP contribution in [0, 0.1) is 5.92 Å². The molecule has 5 nitrogen and oxygen atoms in total. The van der Waals surface area contributed by atoms with Crippen molar-refractivity contribution in [2.45, 2.75) is 38.3 Å². The summed E-state index contributed by atoms with van der Waals surface area (Å²) < 4.78 is 0. The van der Waals surface area contributed by atoms with Crippen LogP contribution < -0.4 is 11.1 Å². The number of pyridine rings is 1. The lowest BCUT2D eigenvalue weighted by Crippen LogP contribution is -2.36. The number of rotatable bonds is 4. The van der Waals surface area contributed by atoms with Gasteiger partial charge in [-0.3, -0.25) is 4.79 Å². The number of nitrogens with two attached hydrogens (primary N) is 1. The van der Waals surface area contributed by atoms with E-state index in [0.717, 1.165) is 49.0 Å². The Hall–Kier alpha value is -1.88. The minimum Gasteiger partial charge on any atom is -0.369 e. The summed E-state index contributed by atoms with van der Waals surface area (Å²) in [6, 6.07) is 6.61. The van der Waals surface area contributed by atoms with Crippen LogP contribution in [0.1, 0.15) is 31.4 Å². The van der Waals surface area contributed by atoms with Crippen LogP contribution in [0.15, 0.2) is 24.4 Å². The highest BCUT2D eigenvalue weighted by molar-refractivity contribution is 5.77. The van der Waals surface area contributed by atoms with E-state index in [9.17, 15) is 4.79 Å². The van der Waals surface area contributed by atoms with Crippen LogP contribution in [0.2, 0.25) is 0 Å². The fourth-order valence-corrected chi connectivity index (χ4v) is 2.95. The maximum Gasteiger partial charge on any atom is 0.220 e. The van der Waals surface area contributed by atoms with Crippen molar-refractivity contribution < 1.29 is 4.79 Å². The van der Waals surface area contributed by atoms with E-state index in [1.807, 2.05) is 6.07 Å². The first-order valence-corrected chi connectivity index (χ1v) is 7.17. The third-order valence-corrected chi connectivity index (χ3v) is 4.16. The fraction of sp³-hybridized carbons (Fsp3) is 0.467. The molecular weight excluding hydrogens is 252 g/mol. The number of fused-ring (bicyclic) bond motifs is 1. The van der Waals surface area contributed by atoms with Gasteiger partial charge in [0.1, 0.15) is 5.65 Å². The van der Waals surface area contributed by atoms with Gasteiger partial charge in [-0.1, -0.05) is 0 Å². The molecule has 0 aliphatic heterocycles. The van der Waals surface area contributed by atoms with Crippen LogP contribution >= 0.6 is 0 Å². The molecule has 0 unspecified atom stereocenters. The summed E-state index contributed by atoms with van der Waals surface area (Å²) in [5.41, 5.74) is 7.43. The van der Waals surface area contributed by atoms with Crippen molar-refractivity contribution in [1.82, 2.24) is 15.3 Å². The van der Waals surface area contributed by atoms with Gasteiger partial charge in [-0.05, 0) is 43.9 Å². The van der Waals surface area contributed by atoms with Crippen LogP contribution in [-0.4, -0.2) is 21.9 Å². The van der Waals surface area contributed by atoms with Crippen LogP contribution in [0.3, 0.4) is 0 Å². The van der Waals surface area contributed by atoms with Crippen LogP contribution in [0.5, 0.6) is 0 Å². The molecule has 1 saturated carbocycles. The maximum absolute atomic E-state index is 11.1. The minimum atomic E-state index is -0.148. The van der Waals surface area contributed by atoms with Crippen molar-refractivity contribution in [3.05, 3.63) is 30.1 Å². The van der Waals surface area contributed by atoms with Gasteiger partial charge in [-0.15, -0.1) is 0 Å². The van der Waals surface area contributed by atoms with Gasteiger partial charge in [0.25, 0.3) is 0 Å². The first kappa shape index (κ1) is 13.1. The normalized spacial score (nSPS) is 23.0. The molecule has 4 N–H and O–H groups in total. The number of amides is 1. The Labute approximate surface area is 118 Å². The molecule has 1 fully saturated rings. The van der Waals surface area contributed by atoms with Gasteiger partial charge in [0, 0.05) is 35.8 Å². The fourth-order valence-electron chi connectivity index (χ4n) is 2.95. The third kappa shape index (κ3) is 2.82. The number of aromatic amines is 1. The Balaban J connectivity index is 1.54. The zero-order chi connectivity index (χ0) is 13.9. The number of hydrogen-bond donors (Lipinski definition) is 3. The van der Waals surface area contributed by atoms with Crippen molar-refractivity contribution >= 4 is 16.9 Å². The van der Waals surface area contributed by atoms with Crippen molar-refractivity contribution in [3.8, 4) is 0 Å². The molecule has 1 amide bonds. The number of primary amides is 1. The first-order valence-electron chi connectivity index (χ1n) is 7.17. The van der Waals surface area contributed by atoms with Gasteiger partial charge in [0.2, 0.25) is 5.91 Å². The monoisotopic (exact) mass is 272 g/mol. The molecule has 2 aromatic rings. The standard InChI is InChI=1S/C15H20N4O/c16-14(20)10-3-5-12(6-4-10)18-9-13-8-11-2-1-7-17-15(11)19-13/h1-2,7-8,10,12,18H,3-6,9H2,(H2,16,20)(H,17,19). The zero-order valence-electron chi connectivity index (χ0n) is 11.4. The first-order chi connectivity index (χ1) is 9.72. The van der Waals surface area contributed by atoms with Crippen molar-refractivity contribution in [2.24, 2.45) is 11.7 Å². The smallest absolute Gasteiger partial charge is 0.220 e. The summed E-state index contributed by atoms with van der Waals surface area (Å²) in [6.45, 7) is 0.808. The van der Waals surface area contributed by atoms with E-state index in [4.69, 9.17) is 5.73 Å². The summed E-state index contributed by atoms with van der Waals surface area (Å²) in [7, 11) is 0. The molecule has 106 valence electrons. The van der Waals surface area contributed by atoms with E-state index in [1.165, 1.54) is 0 Å². The molecule has 1 aliphatic rings. The molecule has 0 saturated heterocycles. The Kier molecular flexibility index (Phi) is 3.69. The molecule has 20 heavy (non-hydrogen) atoms. The Morgan fingerprint density at radius 1 is 1.40 bits per heavy atom. The number of nitrogens with zero attached hydrogens (tertiary/aromatic N) is 1. The molecule has 0 bridgehead atoms. The third-order valence-electron chi connectivity index (χ3n) is 4.16. The van der Waals surface area contributed by atoms with Crippen molar-refractivity contribution in [3.63, 3.8) is 0 Å². The summed E-state index contributed by atoms with van der Waals surface area (Å²) in [4.78, 5) is 18.7. The molecule has 0 radical (unpaired) electrons. The van der Waals surface area contributed by atoms with Crippen LogP contribution in [0.25, 0.3) is 11.0 Å². The highest BCUT2D eigenvalue weighted by Gasteiger charge is 2.24. The predicted octanol–water partition coefficient (Wildman–Crippen LogP) is 1.70. The average molecular weight is 272 g/mol. The van der Waals surface area contributed by atoms with Gasteiger partial charge in [0.05, 0.1) is 0 Å². The molecule has 0 atom stereocenters. The lowest BCUT2D eigenvalue weighted by atomic mass is 9.85. The van der Waals surface area contributed by atoms with Gasteiger partial charge in [0.15, 0.2) is 0 Å². The van der Waals surface area contributed by atoms with E-state index in [2.05, 4.69) is 27.4 Å². The summed E-state index contributed by atoms with van der Waals surface area (Å²) in [5.74, 6) is -0.0736. The number of hydrogen-bond acceptors (Lipinski definition) is 3. The van der Waals surface area contributed by atoms with E-state index < -0.39 is 0 Å². The second-order valence-electron chi connectivity index (χ2n) is 5.57. The van der Waals surface area contributed by atoms with Crippen molar-refractivity contribution in [1.29, 1.82) is 0 Å². The van der Waals surface area contributed by atoms with Crippen LogP contribution in [0.4, 0.5) is 0 Å². The quantitative estimate of drug-likeness (QED) is 0.792. The Morgan fingerprint density at radius 3 is 2.90 bits per heavy atom. The van der Waals surface area contributed by atoms with Gasteiger partial charge in [-0.25, -0.2) is 4.98 Å². The lowest BCUT2D eigenvalue weighted by Gasteiger charge is -2.27. The minimum absolute atomic E-state index is 0.0744. The number of nitrogens with one attached hydrogen (secondary N) is 2. The molecule has 5 heteroatoms. The van der Waals surface area contributed by atoms with E-state index in [-0.39, 0.29) is 11.8 Å². The topological polar surface area (TPSA) is 83.8 Å². The maximum atomic E-state index is 11.1. The SMILES string of the molecule is NC(=O)C1CCC(NCc2cc3cccnc3[nH]2)CC1. The molecule has 3 rings (SSSR count). The number of carbonyl (C=O) groups excluding carboxylic acids is 1. The Bertz CT molecular complexity index is 566. The second-order valence-corrected chi connectivity index (χ2v) is 5.57. The highest BCUT2D eigenvalue weighted by atomic mass is 16.1. The van der Waals surface area contributed by atoms with Crippen LogP contribution in [-0.2, 0) is 11.3 Å². The molecule has 0 spiro atoms. The molecule has 2 aromatic heterocycles. The van der Waals surface area contributed by atoms with E-state index in [0.29, 0.717) is 6.04 Å². The second kappa shape index (κ2) is 5.63. The predicted molar refractivity (Wildman–Crippen MR) is 77.9 cm³/mol. The number of carbonyl (C=O) groups is 1. The number of H-pyrrole nitrogens is 1. The van der Waals surface area contributed by atoms with Gasteiger partial charge < -0.3 is 16.0 Å². The van der Waals surface area contributed by atoms with Gasteiger partial charge >= 0.3 is 0 Å². The lowest BCUT2D eigenvalue weighted by molar-refractivity contribution is -0.122. The molecule has 1 aliphatic carbocycles. The van der Waals surface area contributed by atoms with Crippen molar-refractivity contribution in [2.75, 3.05) is 0 Å². The van der Waals surface area contributed by atoms with E-state index in [1.54, 1.807) is 6.20 Å². The van der Waals surface area contributed by atoms with E-state index >= 15 is 0 Å². The summed E-state index contributed by atoms with van der Waals surface area (Å²) in [5, 5.41) is 4.69. The highest BCUT2D eigenvalue weighted by Crippen LogP contribution is 2.24. The zero-order valence-corrected chi connectivity index (χ0v) is 11.4. The average Bonchev–Trinajstić information content (AvgIpc) is 2.88. The number of aromatic nitrogens is 2. The molecule has 2 heterocycles. The molecule has 0 aromatic carbocycles. The summed E-state index contributed by atoms with van der Waals surface area (Å²) in [6.07, 6.45) is 5.64. The summed E-state index contributed by atoms with van der Waals surface area (Å²) >= 11 is 0.